The molecule has 0 amide bonds. The van der Waals surface area contributed by atoms with E-state index in [0.29, 0.717) is 17.8 Å². The molecule has 4 nitrogen and oxygen atoms in total. The molecule has 4 heteroatoms. The van der Waals surface area contributed by atoms with Crippen molar-refractivity contribution < 1.29 is 19.0 Å². The van der Waals surface area contributed by atoms with Gasteiger partial charge in [-0.15, -0.1) is 0 Å². The van der Waals surface area contributed by atoms with Gasteiger partial charge in [0.2, 0.25) is 0 Å². The van der Waals surface area contributed by atoms with Gasteiger partial charge in [-0.3, -0.25) is 0 Å². The highest BCUT2D eigenvalue weighted by molar-refractivity contribution is 5.81. The number of esters is 1. The van der Waals surface area contributed by atoms with E-state index in [4.69, 9.17) is 14.2 Å². The zero-order valence-electron chi connectivity index (χ0n) is 16.4. The fourth-order valence-corrected chi connectivity index (χ4v) is 3.73. The van der Waals surface area contributed by atoms with Crippen molar-refractivity contribution in [3.63, 3.8) is 0 Å². The van der Waals surface area contributed by atoms with Crippen LogP contribution in [0, 0.1) is 17.8 Å². The van der Waals surface area contributed by atoms with E-state index >= 15 is 0 Å². The first kappa shape index (κ1) is 19.8. The van der Waals surface area contributed by atoms with Gasteiger partial charge in [-0.25, -0.2) is 4.79 Å². The maximum Gasteiger partial charge on any atom is 0.343 e. The predicted molar refractivity (Wildman–Crippen MR) is 98.6 cm³/mol. The molecule has 0 aromatic heterocycles. The van der Waals surface area contributed by atoms with Gasteiger partial charge >= 0.3 is 5.97 Å². The van der Waals surface area contributed by atoms with Gasteiger partial charge in [0.05, 0.1) is 7.11 Å². The second-order valence-electron chi connectivity index (χ2n) is 7.74. The molecule has 1 aromatic carbocycles. The number of rotatable bonds is 6. The number of benzene rings is 1. The van der Waals surface area contributed by atoms with Crippen molar-refractivity contribution in [1.29, 1.82) is 0 Å². The minimum atomic E-state index is -1.12. The molecule has 0 aliphatic heterocycles. The average molecular weight is 348 g/mol. The van der Waals surface area contributed by atoms with Crippen LogP contribution >= 0.6 is 0 Å². The zero-order valence-corrected chi connectivity index (χ0v) is 16.4. The van der Waals surface area contributed by atoms with E-state index < -0.39 is 5.60 Å². The highest BCUT2D eigenvalue weighted by atomic mass is 16.6. The maximum atomic E-state index is 13.0. The van der Waals surface area contributed by atoms with Crippen LogP contribution in [0.25, 0.3) is 0 Å². The summed E-state index contributed by atoms with van der Waals surface area (Å²) >= 11 is 0. The van der Waals surface area contributed by atoms with Gasteiger partial charge in [0, 0.05) is 7.11 Å². The molecule has 1 saturated carbocycles. The molecule has 2 rings (SSSR count). The quantitative estimate of drug-likeness (QED) is 0.707. The molecule has 1 aromatic rings. The van der Waals surface area contributed by atoms with Gasteiger partial charge in [-0.2, -0.15) is 0 Å². The van der Waals surface area contributed by atoms with E-state index in [0.717, 1.165) is 24.2 Å². The van der Waals surface area contributed by atoms with Gasteiger partial charge in [-0.05, 0) is 55.2 Å². The largest absolute Gasteiger partial charge is 0.497 e. The third kappa shape index (κ3) is 4.35. The van der Waals surface area contributed by atoms with Crippen LogP contribution in [0.5, 0.6) is 5.75 Å². The Bertz CT molecular complexity index is 566. The summed E-state index contributed by atoms with van der Waals surface area (Å²) in [6.07, 6.45) is 3.21. The lowest BCUT2D eigenvalue weighted by Gasteiger charge is -2.38. The number of ether oxygens (including phenoxy) is 3. The number of carbonyl (C=O) groups excluding carboxylic acids is 1. The van der Waals surface area contributed by atoms with E-state index in [9.17, 15) is 4.79 Å². The summed E-state index contributed by atoms with van der Waals surface area (Å²) in [6.45, 7) is 8.42. The fourth-order valence-electron chi connectivity index (χ4n) is 3.73. The van der Waals surface area contributed by atoms with Crippen molar-refractivity contribution in [2.75, 3.05) is 14.2 Å². The maximum absolute atomic E-state index is 13.0. The number of carbonyl (C=O) groups is 1. The molecule has 0 bridgehead atoms. The summed E-state index contributed by atoms with van der Waals surface area (Å²) in [4.78, 5) is 13.0. The summed E-state index contributed by atoms with van der Waals surface area (Å²) in [5.41, 5.74) is -0.347. The molecule has 140 valence electrons. The first-order valence-electron chi connectivity index (χ1n) is 9.22. The van der Waals surface area contributed by atoms with Crippen LogP contribution < -0.4 is 4.74 Å². The Hall–Kier alpha value is -1.55. The Kier molecular flexibility index (Phi) is 6.50. The topological polar surface area (TPSA) is 44.8 Å². The van der Waals surface area contributed by atoms with Crippen LogP contribution in [0.4, 0.5) is 0 Å². The van der Waals surface area contributed by atoms with Crippen molar-refractivity contribution in [2.24, 2.45) is 17.8 Å². The average Bonchev–Trinajstić information content (AvgIpc) is 2.60. The monoisotopic (exact) mass is 348 g/mol. The molecule has 0 spiro atoms. The van der Waals surface area contributed by atoms with Crippen LogP contribution in [0.2, 0.25) is 0 Å². The Balaban J connectivity index is 2.19. The molecular weight excluding hydrogens is 316 g/mol. The summed E-state index contributed by atoms with van der Waals surface area (Å²) in [5, 5.41) is 0. The lowest BCUT2D eigenvalue weighted by atomic mass is 9.75. The number of hydrogen-bond acceptors (Lipinski definition) is 4. The van der Waals surface area contributed by atoms with E-state index in [1.54, 1.807) is 21.1 Å². The van der Waals surface area contributed by atoms with Crippen LogP contribution in [-0.4, -0.2) is 26.3 Å². The first-order valence-corrected chi connectivity index (χ1v) is 9.22. The summed E-state index contributed by atoms with van der Waals surface area (Å²) in [5.74, 6) is 1.93. The normalized spacial score (nSPS) is 26.1. The Morgan fingerprint density at radius 1 is 1.16 bits per heavy atom. The van der Waals surface area contributed by atoms with Crippen LogP contribution in [-0.2, 0) is 19.9 Å². The Morgan fingerprint density at radius 3 is 2.32 bits per heavy atom. The van der Waals surface area contributed by atoms with Gasteiger partial charge in [0.25, 0.3) is 0 Å². The van der Waals surface area contributed by atoms with Gasteiger partial charge in [0.15, 0.2) is 5.60 Å². The minimum Gasteiger partial charge on any atom is -0.497 e. The molecule has 1 aliphatic carbocycles. The van der Waals surface area contributed by atoms with E-state index in [-0.39, 0.29) is 12.1 Å². The molecule has 1 aliphatic rings. The molecule has 25 heavy (non-hydrogen) atoms. The SMILES string of the molecule is COc1ccc([C@@](C)(OC)C(=O)O[C@@H]2C[C@H](C)CC[C@H]2C(C)C)cc1. The Labute approximate surface area is 151 Å². The van der Waals surface area contributed by atoms with E-state index in [1.807, 2.05) is 24.3 Å². The minimum absolute atomic E-state index is 0.0380. The fraction of sp³-hybridized carbons (Fsp3) is 0.667. The molecule has 0 heterocycles. The molecule has 0 saturated heterocycles. The van der Waals surface area contributed by atoms with Crippen molar-refractivity contribution in [1.82, 2.24) is 0 Å². The summed E-state index contributed by atoms with van der Waals surface area (Å²) < 4.78 is 16.8. The highest BCUT2D eigenvalue weighted by Crippen LogP contribution is 2.37. The second-order valence-corrected chi connectivity index (χ2v) is 7.74. The highest BCUT2D eigenvalue weighted by Gasteiger charge is 2.41. The summed E-state index contributed by atoms with van der Waals surface area (Å²) in [7, 11) is 3.17. The van der Waals surface area contributed by atoms with Crippen molar-refractivity contribution in [3.8, 4) is 5.75 Å². The number of methoxy groups -OCH3 is 2. The van der Waals surface area contributed by atoms with E-state index in [2.05, 4.69) is 20.8 Å². The molecule has 4 atom stereocenters. The molecule has 0 unspecified atom stereocenters. The van der Waals surface area contributed by atoms with Gasteiger partial charge in [-0.1, -0.05) is 39.3 Å². The van der Waals surface area contributed by atoms with Gasteiger partial charge < -0.3 is 14.2 Å². The molecule has 0 N–H and O–H groups in total. The van der Waals surface area contributed by atoms with Crippen molar-refractivity contribution in [2.45, 2.75) is 58.7 Å². The lowest BCUT2D eigenvalue weighted by molar-refractivity contribution is -0.180. The first-order chi connectivity index (χ1) is 11.8. The van der Waals surface area contributed by atoms with Crippen molar-refractivity contribution >= 4 is 5.97 Å². The molecule has 0 radical (unpaired) electrons. The smallest absolute Gasteiger partial charge is 0.343 e. The van der Waals surface area contributed by atoms with Crippen LogP contribution in [0.1, 0.15) is 52.5 Å². The van der Waals surface area contributed by atoms with Crippen LogP contribution in [0.15, 0.2) is 24.3 Å². The third-order valence-corrected chi connectivity index (χ3v) is 5.66. The van der Waals surface area contributed by atoms with Crippen LogP contribution in [0.3, 0.4) is 0 Å². The Morgan fingerprint density at radius 2 is 1.80 bits per heavy atom. The molecular formula is C21H32O4. The predicted octanol–water partition coefficient (Wildman–Crippen LogP) is 4.56. The summed E-state index contributed by atoms with van der Waals surface area (Å²) in [6, 6.07) is 7.37. The van der Waals surface area contributed by atoms with Gasteiger partial charge in [0.1, 0.15) is 11.9 Å². The molecule has 1 fully saturated rings. The standard InChI is InChI=1S/C21H32O4/c1-14(2)18-12-7-15(3)13-19(18)25-20(22)21(4,24-6)16-8-10-17(23-5)11-9-16/h8-11,14-15,18-19H,7,12-13H2,1-6H3/t15-,18+,19-,21-/m1/s1. The third-order valence-electron chi connectivity index (χ3n) is 5.66. The second kappa shape index (κ2) is 8.22. The van der Waals surface area contributed by atoms with E-state index in [1.165, 1.54) is 6.42 Å². The number of hydrogen-bond donors (Lipinski definition) is 0. The zero-order chi connectivity index (χ0) is 18.6. The lowest BCUT2D eigenvalue weighted by Crippen LogP contribution is -2.43. The van der Waals surface area contributed by atoms with Crippen molar-refractivity contribution in [3.05, 3.63) is 29.8 Å².